The lowest BCUT2D eigenvalue weighted by atomic mass is 10.1. The fraction of sp³-hybridized carbons (Fsp3) is 0.0455. The number of halogens is 3. The van der Waals surface area contributed by atoms with Gasteiger partial charge in [0.25, 0.3) is 0 Å². The van der Waals surface area contributed by atoms with Crippen LogP contribution >= 0.6 is 34.8 Å². The molecule has 0 aliphatic rings. The molecule has 0 atom stereocenters. The third-order valence-electron chi connectivity index (χ3n) is 4.35. The number of benzene rings is 3. The zero-order chi connectivity index (χ0) is 19.7. The van der Waals surface area contributed by atoms with Crippen molar-refractivity contribution >= 4 is 45.8 Å². The Kier molecular flexibility index (Phi) is 5.31. The topological polar surface area (TPSA) is 39.4 Å². The number of hydrogen-bond acceptors (Lipinski definition) is 3. The van der Waals surface area contributed by atoms with Crippen LogP contribution in [0.1, 0.15) is 5.56 Å². The third-order valence-corrected chi connectivity index (χ3v) is 5.55. The van der Waals surface area contributed by atoms with Crippen LogP contribution in [0.2, 0.25) is 15.1 Å². The van der Waals surface area contributed by atoms with Crippen LogP contribution in [0.4, 0.5) is 0 Å². The van der Waals surface area contributed by atoms with Gasteiger partial charge in [0, 0.05) is 16.7 Å². The number of hydrogen-bond donors (Lipinski definition) is 0. The maximum Gasteiger partial charge on any atom is 0.200 e. The van der Waals surface area contributed by atoms with Crippen LogP contribution < -0.4 is 10.2 Å². The van der Waals surface area contributed by atoms with Gasteiger partial charge in [-0.25, -0.2) is 0 Å². The number of fused-ring (bicyclic) bond motifs is 1. The van der Waals surface area contributed by atoms with Crippen molar-refractivity contribution in [2.24, 2.45) is 0 Å². The molecule has 0 saturated carbocycles. The van der Waals surface area contributed by atoms with Crippen molar-refractivity contribution in [3.8, 4) is 16.9 Å². The zero-order valence-electron chi connectivity index (χ0n) is 14.4. The van der Waals surface area contributed by atoms with E-state index in [2.05, 4.69) is 0 Å². The summed E-state index contributed by atoms with van der Waals surface area (Å²) >= 11 is 18.4. The highest BCUT2D eigenvalue weighted by Gasteiger charge is 2.12. The molecule has 140 valence electrons. The Morgan fingerprint density at radius 1 is 0.893 bits per heavy atom. The standard InChI is InChI=1S/C22H13Cl3O3/c23-18-8-9-19(24)21(25)17(18)12-27-14-6-7-15-20(10-14)28-11-16(22(15)26)13-4-2-1-3-5-13/h1-11H,12H2. The zero-order valence-corrected chi connectivity index (χ0v) is 16.7. The minimum Gasteiger partial charge on any atom is -0.489 e. The third kappa shape index (κ3) is 3.61. The molecule has 3 nitrogen and oxygen atoms in total. The summed E-state index contributed by atoms with van der Waals surface area (Å²) in [7, 11) is 0. The molecule has 0 spiro atoms. The summed E-state index contributed by atoms with van der Waals surface area (Å²) < 4.78 is 11.5. The van der Waals surface area contributed by atoms with Crippen molar-refractivity contribution < 1.29 is 9.15 Å². The summed E-state index contributed by atoms with van der Waals surface area (Å²) in [6.07, 6.45) is 1.47. The van der Waals surface area contributed by atoms with Crippen LogP contribution in [0, 0.1) is 0 Å². The van der Waals surface area contributed by atoms with Crippen molar-refractivity contribution in [1.29, 1.82) is 0 Å². The molecule has 0 unspecified atom stereocenters. The minimum atomic E-state index is -0.0973. The van der Waals surface area contributed by atoms with E-state index in [0.29, 0.717) is 42.9 Å². The molecule has 0 amide bonds. The summed E-state index contributed by atoms with van der Waals surface area (Å²) in [4.78, 5) is 12.8. The molecule has 1 aromatic heterocycles. The summed E-state index contributed by atoms with van der Waals surface area (Å²) in [5, 5.41) is 1.71. The summed E-state index contributed by atoms with van der Waals surface area (Å²) in [6, 6.07) is 17.7. The predicted molar refractivity (Wildman–Crippen MR) is 114 cm³/mol. The van der Waals surface area contributed by atoms with Crippen LogP contribution in [-0.2, 0) is 6.61 Å². The maximum absolute atomic E-state index is 12.8. The van der Waals surface area contributed by atoms with E-state index in [1.165, 1.54) is 6.26 Å². The fourth-order valence-corrected chi connectivity index (χ4v) is 3.53. The van der Waals surface area contributed by atoms with Crippen molar-refractivity contribution in [1.82, 2.24) is 0 Å². The molecule has 4 rings (SSSR count). The molecule has 0 aliphatic heterocycles. The van der Waals surface area contributed by atoms with E-state index in [4.69, 9.17) is 44.0 Å². The fourth-order valence-electron chi connectivity index (χ4n) is 2.87. The second-order valence-electron chi connectivity index (χ2n) is 6.11. The Hall–Kier alpha value is -2.46. The van der Waals surface area contributed by atoms with Gasteiger partial charge < -0.3 is 9.15 Å². The quantitative estimate of drug-likeness (QED) is 0.327. The lowest BCUT2D eigenvalue weighted by Gasteiger charge is -2.11. The highest BCUT2D eigenvalue weighted by molar-refractivity contribution is 6.44. The van der Waals surface area contributed by atoms with Gasteiger partial charge in [0.05, 0.1) is 21.0 Å². The lowest BCUT2D eigenvalue weighted by Crippen LogP contribution is -2.05. The smallest absolute Gasteiger partial charge is 0.200 e. The minimum absolute atomic E-state index is 0.0973. The van der Waals surface area contributed by atoms with Gasteiger partial charge in [0.2, 0.25) is 0 Å². The highest BCUT2D eigenvalue weighted by atomic mass is 35.5. The number of ether oxygens (including phenoxy) is 1. The molecule has 0 radical (unpaired) electrons. The molecule has 1 heterocycles. The van der Waals surface area contributed by atoms with Gasteiger partial charge >= 0.3 is 0 Å². The van der Waals surface area contributed by atoms with E-state index in [1.807, 2.05) is 30.3 Å². The summed E-state index contributed by atoms with van der Waals surface area (Å²) in [6.45, 7) is 0.135. The molecule has 0 fully saturated rings. The molecule has 28 heavy (non-hydrogen) atoms. The Labute approximate surface area is 176 Å². The first-order chi connectivity index (χ1) is 13.5. The molecular formula is C22H13Cl3O3. The molecule has 0 bridgehead atoms. The van der Waals surface area contributed by atoms with Gasteiger partial charge in [0.15, 0.2) is 5.43 Å². The van der Waals surface area contributed by atoms with E-state index in [9.17, 15) is 4.79 Å². The second-order valence-corrected chi connectivity index (χ2v) is 7.31. The molecule has 4 aromatic rings. The molecule has 6 heteroatoms. The second kappa shape index (κ2) is 7.88. The van der Waals surface area contributed by atoms with Gasteiger partial charge in [0.1, 0.15) is 24.2 Å². The number of rotatable bonds is 4. The van der Waals surface area contributed by atoms with E-state index >= 15 is 0 Å². The first kappa shape index (κ1) is 18.9. The van der Waals surface area contributed by atoms with Crippen LogP contribution in [-0.4, -0.2) is 0 Å². The van der Waals surface area contributed by atoms with E-state index in [0.717, 1.165) is 5.56 Å². The van der Waals surface area contributed by atoms with Crippen molar-refractivity contribution in [2.75, 3.05) is 0 Å². The molecule has 0 saturated heterocycles. The highest BCUT2D eigenvalue weighted by Crippen LogP contribution is 2.32. The Bertz CT molecular complexity index is 1220. The monoisotopic (exact) mass is 430 g/mol. The average molecular weight is 432 g/mol. The van der Waals surface area contributed by atoms with Gasteiger partial charge in [-0.1, -0.05) is 65.1 Å². The molecule has 0 aliphatic carbocycles. The molecule has 3 aromatic carbocycles. The van der Waals surface area contributed by atoms with Gasteiger partial charge in [-0.2, -0.15) is 0 Å². The normalized spacial score (nSPS) is 11.0. The summed E-state index contributed by atoms with van der Waals surface area (Å²) in [5.74, 6) is 0.523. The Morgan fingerprint density at radius 2 is 1.64 bits per heavy atom. The van der Waals surface area contributed by atoms with Crippen LogP contribution in [0.3, 0.4) is 0 Å². The maximum atomic E-state index is 12.8. The first-order valence-electron chi connectivity index (χ1n) is 8.41. The SMILES string of the molecule is O=c1c(-c2ccccc2)coc2cc(OCc3c(Cl)ccc(Cl)c3Cl)ccc12. The van der Waals surface area contributed by atoms with Gasteiger partial charge in [-0.05, 0) is 29.8 Å². The van der Waals surface area contributed by atoms with Gasteiger partial charge in [-0.3, -0.25) is 4.79 Å². The average Bonchev–Trinajstić information content (AvgIpc) is 2.72. The largest absolute Gasteiger partial charge is 0.489 e. The predicted octanol–water partition coefficient (Wildman–Crippen LogP) is 7.00. The van der Waals surface area contributed by atoms with Crippen LogP contribution in [0.5, 0.6) is 5.75 Å². The Morgan fingerprint density at radius 3 is 2.43 bits per heavy atom. The first-order valence-corrected chi connectivity index (χ1v) is 9.54. The van der Waals surface area contributed by atoms with Crippen molar-refractivity contribution in [3.63, 3.8) is 0 Å². The van der Waals surface area contributed by atoms with E-state index in [1.54, 1.807) is 30.3 Å². The van der Waals surface area contributed by atoms with E-state index < -0.39 is 0 Å². The summed E-state index contributed by atoms with van der Waals surface area (Å²) in [5.41, 5.74) is 2.25. The van der Waals surface area contributed by atoms with Crippen LogP contribution in [0.25, 0.3) is 22.1 Å². The Balaban J connectivity index is 1.64. The van der Waals surface area contributed by atoms with Crippen molar-refractivity contribution in [3.05, 3.63) is 97.8 Å². The van der Waals surface area contributed by atoms with Gasteiger partial charge in [-0.15, -0.1) is 0 Å². The molecule has 0 N–H and O–H groups in total. The van der Waals surface area contributed by atoms with E-state index in [-0.39, 0.29) is 12.0 Å². The lowest BCUT2D eigenvalue weighted by molar-refractivity contribution is 0.306. The van der Waals surface area contributed by atoms with Crippen LogP contribution in [0.15, 0.2) is 76.1 Å². The molecular weight excluding hydrogens is 419 g/mol. The van der Waals surface area contributed by atoms with Crippen molar-refractivity contribution in [2.45, 2.75) is 6.61 Å².